The molecule has 0 spiro atoms. The lowest BCUT2D eigenvalue weighted by Gasteiger charge is -2.36. The van der Waals surface area contributed by atoms with E-state index in [-0.39, 0.29) is 35.8 Å². The molecular formula is C20H24ClN5O4S. The number of piperazine rings is 1. The Morgan fingerprint density at radius 3 is 2.42 bits per heavy atom. The van der Waals surface area contributed by atoms with Crippen LogP contribution in [0.4, 0.5) is 11.5 Å². The number of hydrogen-bond acceptors (Lipinski definition) is 7. The molecule has 11 heteroatoms. The largest absolute Gasteiger partial charge is 0.368 e. The van der Waals surface area contributed by atoms with Gasteiger partial charge in [-0.3, -0.25) is 14.4 Å². The molecule has 1 saturated heterocycles. The number of carbonyl (C=O) groups is 3. The van der Waals surface area contributed by atoms with Gasteiger partial charge < -0.3 is 25.0 Å². The van der Waals surface area contributed by atoms with Crippen LogP contribution in [-0.4, -0.2) is 72.0 Å². The Kier molecular flexibility index (Phi) is 8.19. The van der Waals surface area contributed by atoms with Crippen molar-refractivity contribution in [2.24, 2.45) is 0 Å². The molecule has 166 valence electrons. The fourth-order valence-corrected chi connectivity index (χ4v) is 3.82. The number of hydrogen-bond donors (Lipinski definition) is 2. The Morgan fingerprint density at radius 2 is 1.77 bits per heavy atom. The highest BCUT2D eigenvalue weighted by Gasteiger charge is 2.21. The van der Waals surface area contributed by atoms with Crippen molar-refractivity contribution in [3.63, 3.8) is 0 Å². The predicted octanol–water partition coefficient (Wildman–Crippen LogP) is 1.77. The van der Waals surface area contributed by atoms with Crippen molar-refractivity contribution in [2.45, 2.75) is 6.92 Å². The van der Waals surface area contributed by atoms with Gasteiger partial charge in [0.05, 0.1) is 18.1 Å². The number of halogens is 1. The molecule has 31 heavy (non-hydrogen) atoms. The maximum absolute atomic E-state index is 12.4. The van der Waals surface area contributed by atoms with Crippen LogP contribution in [0.25, 0.3) is 0 Å². The second-order valence-corrected chi connectivity index (χ2v) is 8.41. The number of anilines is 2. The monoisotopic (exact) mass is 465 g/mol. The molecule has 1 aliphatic heterocycles. The summed E-state index contributed by atoms with van der Waals surface area (Å²) in [4.78, 5) is 40.1. The Balaban J connectivity index is 1.30. The molecule has 1 aliphatic rings. The van der Waals surface area contributed by atoms with Gasteiger partial charge in [-0.1, -0.05) is 16.8 Å². The van der Waals surface area contributed by atoms with Crippen molar-refractivity contribution in [2.75, 3.05) is 54.4 Å². The van der Waals surface area contributed by atoms with E-state index in [0.29, 0.717) is 29.7 Å². The second kappa shape index (κ2) is 11.1. The lowest BCUT2D eigenvalue weighted by atomic mass is 10.2. The maximum Gasteiger partial charge on any atom is 0.242 e. The Hall–Kier alpha value is -2.72. The fourth-order valence-electron chi connectivity index (χ4n) is 3.04. The molecule has 0 radical (unpaired) electrons. The molecule has 3 amide bonds. The van der Waals surface area contributed by atoms with E-state index < -0.39 is 0 Å². The molecule has 0 aliphatic carbocycles. The summed E-state index contributed by atoms with van der Waals surface area (Å²) in [7, 11) is 0. The quantitative estimate of drug-likeness (QED) is 0.611. The minimum absolute atomic E-state index is 0.0508. The summed E-state index contributed by atoms with van der Waals surface area (Å²) >= 11 is 7.08. The van der Waals surface area contributed by atoms with E-state index in [1.165, 1.54) is 0 Å². The Bertz CT molecular complexity index is 913. The fraction of sp³-hybridized carbons (Fsp3) is 0.400. The molecule has 2 heterocycles. The van der Waals surface area contributed by atoms with Crippen LogP contribution in [-0.2, 0) is 14.4 Å². The zero-order valence-electron chi connectivity index (χ0n) is 17.1. The predicted molar refractivity (Wildman–Crippen MR) is 120 cm³/mol. The van der Waals surface area contributed by atoms with Crippen LogP contribution in [0.2, 0.25) is 5.02 Å². The number of nitrogens with zero attached hydrogens (tertiary/aromatic N) is 3. The van der Waals surface area contributed by atoms with Crippen LogP contribution in [0.15, 0.2) is 34.9 Å². The van der Waals surface area contributed by atoms with Gasteiger partial charge in [0.15, 0.2) is 5.82 Å². The summed E-state index contributed by atoms with van der Waals surface area (Å²) in [6.45, 7) is 4.30. The van der Waals surface area contributed by atoms with E-state index >= 15 is 0 Å². The number of benzene rings is 1. The van der Waals surface area contributed by atoms with Gasteiger partial charge in [-0.2, -0.15) is 0 Å². The third-order valence-electron chi connectivity index (χ3n) is 4.62. The average Bonchev–Trinajstić information content (AvgIpc) is 3.17. The minimum Gasteiger partial charge on any atom is -0.368 e. The highest BCUT2D eigenvalue weighted by molar-refractivity contribution is 8.00. The molecule has 1 aromatic heterocycles. The number of nitrogens with one attached hydrogen (secondary N) is 2. The molecule has 9 nitrogen and oxygen atoms in total. The third kappa shape index (κ3) is 7.18. The van der Waals surface area contributed by atoms with Gasteiger partial charge >= 0.3 is 0 Å². The van der Waals surface area contributed by atoms with Crippen molar-refractivity contribution in [1.82, 2.24) is 15.4 Å². The smallest absolute Gasteiger partial charge is 0.242 e. The molecule has 1 aromatic carbocycles. The first kappa shape index (κ1) is 23.0. The van der Waals surface area contributed by atoms with Crippen molar-refractivity contribution in [1.29, 1.82) is 0 Å². The van der Waals surface area contributed by atoms with Gasteiger partial charge in [0.1, 0.15) is 5.76 Å². The molecule has 0 saturated carbocycles. The summed E-state index contributed by atoms with van der Waals surface area (Å²) in [5.41, 5.74) is 1.07. The van der Waals surface area contributed by atoms with Crippen molar-refractivity contribution in [3.8, 4) is 0 Å². The molecule has 2 aromatic rings. The summed E-state index contributed by atoms with van der Waals surface area (Å²) < 4.78 is 4.87. The zero-order valence-corrected chi connectivity index (χ0v) is 18.7. The van der Waals surface area contributed by atoms with Gasteiger partial charge in [0, 0.05) is 43.0 Å². The van der Waals surface area contributed by atoms with E-state index in [1.807, 2.05) is 24.3 Å². The molecule has 0 unspecified atom stereocenters. The van der Waals surface area contributed by atoms with Crippen molar-refractivity contribution < 1.29 is 18.9 Å². The summed E-state index contributed by atoms with van der Waals surface area (Å²) in [6, 6.07) is 9.23. The van der Waals surface area contributed by atoms with Gasteiger partial charge in [-0.15, -0.1) is 11.8 Å². The van der Waals surface area contributed by atoms with E-state index in [9.17, 15) is 14.4 Å². The van der Waals surface area contributed by atoms with E-state index in [4.69, 9.17) is 16.1 Å². The average molecular weight is 466 g/mol. The third-order valence-corrected chi connectivity index (χ3v) is 5.81. The van der Waals surface area contributed by atoms with Crippen molar-refractivity contribution in [3.05, 3.63) is 41.1 Å². The standard InChI is InChI=1S/C20H24ClN5O4S/c1-14-10-17(24-30-14)23-19(28)13-31-12-18(27)22-11-20(29)26-8-6-25(7-9-26)16-4-2-15(21)3-5-16/h2-5,10H,6-9,11-13H2,1H3,(H,22,27)(H,23,24,28). The molecule has 0 atom stereocenters. The number of rotatable bonds is 8. The molecular weight excluding hydrogens is 442 g/mol. The zero-order chi connectivity index (χ0) is 22.2. The van der Waals surface area contributed by atoms with Crippen LogP contribution in [0, 0.1) is 6.92 Å². The molecule has 0 bridgehead atoms. The number of amides is 3. The number of thioether (sulfide) groups is 1. The van der Waals surface area contributed by atoms with Crippen LogP contribution in [0.3, 0.4) is 0 Å². The highest BCUT2D eigenvalue weighted by Crippen LogP contribution is 2.19. The van der Waals surface area contributed by atoms with Crippen LogP contribution in [0.1, 0.15) is 5.76 Å². The van der Waals surface area contributed by atoms with Crippen LogP contribution in [0.5, 0.6) is 0 Å². The topological polar surface area (TPSA) is 108 Å². The SMILES string of the molecule is Cc1cc(NC(=O)CSCC(=O)NCC(=O)N2CCN(c3ccc(Cl)cc3)CC2)no1. The molecule has 3 rings (SSSR count). The van der Waals surface area contributed by atoms with E-state index in [1.54, 1.807) is 17.9 Å². The number of aromatic nitrogens is 1. The molecule has 2 N–H and O–H groups in total. The second-order valence-electron chi connectivity index (χ2n) is 6.98. The van der Waals surface area contributed by atoms with Crippen LogP contribution < -0.4 is 15.5 Å². The lowest BCUT2D eigenvalue weighted by molar-refractivity contribution is -0.132. The first-order chi connectivity index (χ1) is 14.9. The normalized spacial score (nSPS) is 13.7. The van der Waals surface area contributed by atoms with E-state index in [0.717, 1.165) is 30.5 Å². The highest BCUT2D eigenvalue weighted by atomic mass is 35.5. The van der Waals surface area contributed by atoms with Gasteiger partial charge in [0.2, 0.25) is 17.7 Å². The Labute approximate surface area is 189 Å². The summed E-state index contributed by atoms with van der Waals surface area (Å²) in [6.07, 6.45) is 0. The Morgan fingerprint density at radius 1 is 1.10 bits per heavy atom. The van der Waals surface area contributed by atoms with Gasteiger partial charge in [-0.05, 0) is 31.2 Å². The van der Waals surface area contributed by atoms with Gasteiger partial charge in [0.25, 0.3) is 0 Å². The number of carbonyl (C=O) groups excluding carboxylic acids is 3. The minimum atomic E-state index is -0.289. The lowest BCUT2D eigenvalue weighted by Crippen LogP contribution is -2.51. The first-order valence-corrected chi connectivity index (χ1v) is 11.3. The summed E-state index contributed by atoms with van der Waals surface area (Å²) in [5, 5.41) is 9.56. The van der Waals surface area contributed by atoms with E-state index in [2.05, 4.69) is 20.7 Å². The molecule has 1 fully saturated rings. The number of aryl methyl sites for hydroxylation is 1. The van der Waals surface area contributed by atoms with Crippen LogP contribution >= 0.6 is 23.4 Å². The first-order valence-electron chi connectivity index (χ1n) is 9.76. The van der Waals surface area contributed by atoms with Gasteiger partial charge in [-0.25, -0.2) is 0 Å². The summed E-state index contributed by atoms with van der Waals surface area (Å²) in [5.74, 6) is 0.438. The maximum atomic E-state index is 12.4. The van der Waals surface area contributed by atoms with Crippen molar-refractivity contribution >= 4 is 52.6 Å².